The van der Waals surface area contributed by atoms with Gasteiger partial charge in [-0.25, -0.2) is 8.78 Å². The van der Waals surface area contributed by atoms with E-state index in [2.05, 4.69) is 0 Å². The van der Waals surface area contributed by atoms with E-state index in [1.165, 1.54) is 0 Å². The second-order valence-corrected chi connectivity index (χ2v) is 3.24. The Labute approximate surface area is 79.3 Å². The Morgan fingerprint density at radius 1 is 1.69 bits per heavy atom. The zero-order chi connectivity index (χ0) is 10.6. The molecule has 2 atom stereocenters. The third-order valence-electron chi connectivity index (χ3n) is 2.19. The van der Waals surface area contributed by atoms with E-state index in [4.69, 9.17) is 6.11 Å². The summed E-state index contributed by atoms with van der Waals surface area (Å²) >= 11 is 0. The van der Waals surface area contributed by atoms with Crippen molar-refractivity contribution in [1.29, 1.82) is 0 Å². The summed E-state index contributed by atoms with van der Waals surface area (Å²) in [5, 5.41) is 0. The number of halogens is 2. The zero-order valence-electron chi connectivity index (χ0n) is 8.88. The van der Waals surface area contributed by atoms with Gasteiger partial charge in [-0.05, 0) is 13.0 Å². The van der Waals surface area contributed by atoms with E-state index in [-0.39, 0.29) is 6.40 Å². The van der Waals surface area contributed by atoms with Crippen LogP contribution in [0.3, 0.4) is 0 Å². The fourth-order valence-corrected chi connectivity index (χ4v) is 1.40. The molecule has 2 nitrogen and oxygen atoms in total. The number of alkyl halides is 2. The van der Waals surface area contributed by atoms with Crippen LogP contribution in [-0.4, -0.2) is 43.7 Å². The maximum atomic E-state index is 12.3. The van der Waals surface area contributed by atoms with Gasteiger partial charge in [0.15, 0.2) is 0 Å². The van der Waals surface area contributed by atoms with Crippen molar-refractivity contribution in [2.45, 2.75) is 32.3 Å². The molecule has 1 heterocycles. The minimum atomic E-state index is -2.40. The summed E-state index contributed by atoms with van der Waals surface area (Å²) < 4.78 is 36.9. The van der Waals surface area contributed by atoms with Gasteiger partial charge in [0.05, 0.1) is 6.61 Å². The summed E-state index contributed by atoms with van der Waals surface area (Å²) in [4.78, 5) is 1.95. The van der Waals surface area contributed by atoms with Gasteiger partial charge >= 0.3 is 0 Å². The highest BCUT2D eigenvalue weighted by Gasteiger charge is 2.27. The van der Waals surface area contributed by atoms with Crippen molar-refractivity contribution in [3.63, 3.8) is 0 Å². The van der Waals surface area contributed by atoms with Gasteiger partial charge in [0.2, 0.25) is 0 Å². The Morgan fingerprint density at radius 2 is 2.46 bits per heavy atom. The van der Waals surface area contributed by atoms with Crippen molar-refractivity contribution in [3.8, 4) is 0 Å². The lowest BCUT2D eigenvalue weighted by Gasteiger charge is -2.32. The van der Waals surface area contributed by atoms with Crippen LogP contribution in [0.15, 0.2) is 0 Å². The first kappa shape index (κ1) is 9.34. The number of hydrogen-bond acceptors (Lipinski definition) is 2. The van der Waals surface area contributed by atoms with Crippen LogP contribution in [0.2, 0.25) is 0 Å². The molecule has 0 aromatic heterocycles. The SMILES string of the molecule is [2H][C@H](C)CCN1CCO[C@@H](C(F)F)C1. The molecule has 13 heavy (non-hydrogen) atoms. The molecule has 4 heteroatoms. The molecule has 1 fully saturated rings. The monoisotopic (exact) mass is 194 g/mol. The van der Waals surface area contributed by atoms with Crippen molar-refractivity contribution < 1.29 is 14.9 Å². The Morgan fingerprint density at radius 3 is 3.08 bits per heavy atom. The topological polar surface area (TPSA) is 12.5 Å². The number of morpholine rings is 1. The molecular formula is C9H17F2NO. The maximum Gasteiger partial charge on any atom is 0.265 e. The highest BCUT2D eigenvalue weighted by Crippen LogP contribution is 2.12. The molecule has 1 aliphatic rings. The van der Waals surface area contributed by atoms with E-state index in [1.54, 1.807) is 0 Å². The fourth-order valence-electron chi connectivity index (χ4n) is 1.40. The summed E-state index contributed by atoms with van der Waals surface area (Å²) in [6.07, 6.45) is -2.73. The van der Waals surface area contributed by atoms with Gasteiger partial charge in [-0.2, -0.15) is 0 Å². The summed E-state index contributed by atoms with van der Waals surface area (Å²) in [6, 6.07) is 0. The predicted molar refractivity (Wildman–Crippen MR) is 47.1 cm³/mol. The van der Waals surface area contributed by atoms with Gasteiger partial charge in [-0.15, -0.1) is 0 Å². The van der Waals surface area contributed by atoms with Crippen molar-refractivity contribution in [3.05, 3.63) is 0 Å². The first-order valence-corrected chi connectivity index (χ1v) is 4.64. The van der Waals surface area contributed by atoms with Gasteiger partial charge in [0.25, 0.3) is 6.43 Å². The van der Waals surface area contributed by atoms with E-state index in [9.17, 15) is 8.78 Å². The summed E-state index contributed by atoms with van der Waals surface area (Å²) in [7, 11) is 0. The van der Waals surface area contributed by atoms with E-state index in [1.807, 2.05) is 11.8 Å². The highest BCUT2D eigenvalue weighted by atomic mass is 19.3. The largest absolute Gasteiger partial charge is 0.370 e. The van der Waals surface area contributed by atoms with E-state index < -0.39 is 12.5 Å². The Bertz CT molecular complexity index is 169. The lowest BCUT2D eigenvalue weighted by molar-refractivity contribution is -0.102. The summed E-state index contributed by atoms with van der Waals surface area (Å²) in [5.74, 6) is 0. The summed E-state index contributed by atoms with van der Waals surface area (Å²) in [5.41, 5.74) is 0. The van der Waals surface area contributed by atoms with Crippen LogP contribution in [0, 0.1) is 0 Å². The Kier molecular flexibility index (Phi) is 3.95. The van der Waals surface area contributed by atoms with Crippen LogP contribution >= 0.6 is 0 Å². The van der Waals surface area contributed by atoms with Crippen molar-refractivity contribution in [2.75, 3.05) is 26.2 Å². The molecule has 0 amide bonds. The quantitative estimate of drug-likeness (QED) is 0.676. The van der Waals surface area contributed by atoms with Gasteiger partial charge in [-0.1, -0.05) is 13.3 Å². The molecule has 1 aliphatic heterocycles. The second-order valence-electron chi connectivity index (χ2n) is 3.24. The molecule has 0 saturated carbocycles. The smallest absolute Gasteiger partial charge is 0.265 e. The van der Waals surface area contributed by atoms with Crippen LogP contribution in [0.4, 0.5) is 8.78 Å². The van der Waals surface area contributed by atoms with Crippen molar-refractivity contribution in [1.82, 2.24) is 4.90 Å². The minimum Gasteiger partial charge on any atom is -0.370 e. The zero-order valence-corrected chi connectivity index (χ0v) is 7.88. The van der Waals surface area contributed by atoms with Gasteiger partial charge in [0.1, 0.15) is 6.10 Å². The molecule has 1 rings (SSSR count). The third-order valence-corrected chi connectivity index (χ3v) is 2.19. The van der Waals surface area contributed by atoms with E-state index in [0.717, 1.165) is 13.0 Å². The first-order chi connectivity index (χ1) is 6.59. The maximum absolute atomic E-state index is 12.3. The van der Waals surface area contributed by atoms with Gasteiger partial charge < -0.3 is 4.74 Å². The number of rotatable bonds is 4. The molecule has 0 spiro atoms. The molecule has 1 saturated heterocycles. The molecule has 0 aliphatic carbocycles. The van der Waals surface area contributed by atoms with Crippen LogP contribution in [0.1, 0.15) is 21.1 Å². The van der Waals surface area contributed by atoms with Crippen LogP contribution in [-0.2, 0) is 4.74 Å². The lowest BCUT2D eigenvalue weighted by atomic mass is 10.2. The summed E-state index contributed by atoms with van der Waals surface area (Å²) in [6.45, 7) is 3.91. The average molecular weight is 194 g/mol. The van der Waals surface area contributed by atoms with Gasteiger partial charge in [-0.3, -0.25) is 4.90 Å². The fraction of sp³-hybridized carbons (Fsp3) is 1.00. The molecule has 78 valence electrons. The second kappa shape index (κ2) is 5.50. The van der Waals surface area contributed by atoms with E-state index >= 15 is 0 Å². The molecule has 0 radical (unpaired) electrons. The first-order valence-electron chi connectivity index (χ1n) is 5.21. The van der Waals surface area contributed by atoms with Crippen molar-refractivity contribution in [2.24, 2.45) is 0 Å². The lowest BCUT2D eigenvalue weighted by Crippen LogP contribution is -2.45. The Balaban J connectivity index is 2.25. The van der Waals surface area contributed by atoms with Crippen LogP contribution in [0.5, 0.6) is 0 Å². The van der Waals surface area contributed by atoms with Crippen molar-refractivity contribution >= 4 is 0 Å². The molecular weight excluding hydrogens is 176 g/mol. The number of nitrogens with zero attached hydrogens (tertiary/aromatic N) is 1. The number of ether oxygens (including phenoxy) is 1. The van der Waals surface area contributed by atoms with Gasteiger partial charge in [0, 0.05) is 14.5 Å². The minimum absolute atomic E-state index is 0.122. The normalized spacial score (nSPS) is 28.9. The predicted octanol–water partition coefficient (Wildman–Crippen LogP) is 1.75. The molecule has 0 unspecified atom stereocenters. The number of hydrogen-bond donors (Lipinski definition) is 0. The third kappa shape index (κ3) is 3.56. The molecule has 0 aromatic carbocycles. The Hall–Kier alpha value is -0.220. The van der Waals surface area contributed by atoms with Crippen LogP contribution < -0.4 is 0 Å². The standard InChI is InChI=1S/C9H17F2NO/c1-2-3-4-12-5-6-13-8(7-12)9(10)11/h8-9H,2-7H2,1H3/t8-/m1/s1/i2D/t2-,8-. The van der Waals surface area contributed by atoms with Crippen LogP contribution in [0.25, 0.3) is 0 Å². The van der Waals surface area contributed by atoms with E-state index in [0.29, 0.717) is 19.7 Å². The highest BCUT2D eigenvalue weighted by molar-refractivity contribution is 4.72. The molecule has 0 aromatic rings. The molecule has 0 bridgehead atoms. The average Bonchev–Trinajstić information content (AvgIpc) is 2.15. The molecule has 0 N–H and O–H groups in total.